The molecule has 1 amide bonds. The Balaban J connectivity index is 1.56. The van der Waals surface area contributed by atoms with Crippen LogP contribution in [0, 0.1) is 0 Å². The maximum Gasteiger partial charge on any atom is 0.237 e. The van der Waals surface area contributed by atoms with Gasteiger partial charge in [-0.25, -0.2) is 4.98 Å². The lowest BCUT2D eigenvalue weighted by atomic mass is 9.73. The Morgan fingerprint density at radius 2 is 1.90 bits per heavy atom. The molecule has 0 saturated carbocycles. The minimum atomic E-state index is -0.624. The number of nitrogens with one attached hydrogen (secondary N) is 1. The van der Waals surface area contributed by atoms with Crippen LogP contribution in [0.2, 0.25) is 0 Å². The van der Waals surface area contributed by atoms with Crippen LogP contribution in [0.3, 0.4) is 0 Å². The van der Waals surface area contributed by atoms with E-state index in [0.717, 1.165) is 10.0 Å². The zero-order chi connectivity index (χ0) is 20.1. The van der Waals surface area contributed by atoms with Gasteiger partial charge in [-0.05, 0) is 42.7 Å². The Labute approximate surface area is 177 Å². The average Bonchev–Trinajstić information content (AvgIpc) is 2.76. The van der Waals surface area contributed by atoms with Gasteiger partial charge in [-0.15, -0.1) is 0 Å². The first kappa shape index (κ1) is 19.5. The lowest BCUT2D eigenvalue weighted by molar-refractivity contribution is -0.125. The fraction of sp³-hybridized carbons (Fsp3) is 0.227. The second-order valence-electron chi connectivity index (χ2n) is 6.83. The molecule has 0 unspecified atom stereocenters. The third-order valence-corrected chi connectivity index (χ3v) is 5.56. The molecule has 0 spiro atoms. The van der Waals surface area contributed by atoms with E-state index in [9.17, 15) is 4.79 Å². The number of ether oxygens (including phenoxy) is 2. The molecule has 0 atom stereocenters. The second-order valence-corrected chi connectivity index (χ2v) is 7.74. The molecule has 1 fully saturated rings. The van der Waals surface area contributed by atoms with Crippen molar-refractivity contribution in [3.63, 3.8) is 0 Å². The molecule has 0 radical (unpaired) electrons. The summed E-state index contributed by atoms with van der Waals surface area (Å²) in [6.45, 7) is 1.11. The van der Waals surface area contributed by atoms with Crippen molar-refractivity contribution in [2.24, 2.45) is 0 Å². The van der Waals surface area contributed by atoms with Gasteiger partial charge in [-0.2, -0.15) is 0 Å². The third-order valence-electron chi connectivity index (χ3n) is 5.03. The van der Waals surface area contributed by atoms with Gasteiger partial charge in [0.25, 0.3) is 0 Å². The van der Waals surface area contributed by atoms with Gasteiger partial charge in [-0.1, -0.05) is 34.1 Å². The quantitative estimate of drug-likeness (QED) is 0.604. The summed E-state index contributed by atoms with van der Waals surface area (Å²) in [5.74, 6) is 0.930. The molecule has 2 heterocycles. The summed E-state index contributed by atoms with van der Waals surface area (Å²) in [5, 5.41) is 3.07. The summed E-state index contributed by atoms with van der Waals surface area (Å²) >= 11 is 3.46. The minimum absolute atomic E-state index is 0.0419. The molecule has 3 aromatic rings. The van der Waals surface area contributed by atoms with Crippen molar-refractivity contribution < 1.29 is 14.3 Å². The summed E-state index contributed by atoms with van der Waals surface area (Å²) in [6.07, 6.45) is 5.95. The van der Waals surface area contributed by atoms with E-state index >= 15 is 0 Å². The monoisotopic (exact) mass is 453 g/mol. The molecule has 148 valence electrons. The smallest absolute Gasteiger partial charge is 0.237 e. The van der Waals surface area contributed by atoms with Crippen LogP contribution in [0.25, 0.3) is 0 Å². The standard InChI is InChI=1S/C22H20BrN3O3/c23-17-6-4-16(5-7-17)22(8-12-28-13-9-22)21(27)26-18-2-1-3-19(14-18)29-20-15-24-10-11-25-20/h1-7,10-11,14-15H,8-9,12-13H2,(H,26,27). The SMILES string of the molecule is O=C(Nc1cccc(Oc2cnccn2)c1)C1(c2ccc(Br)cc2)CCOCC1. The van der Waals surface area contributed by atoms with Crippen LogP contribution in [0.5, 0.6) is 11.6 Å². The second kappa shape index (κ2) is 8.71. The summed E-state index contributed by atoms with van der Waals surface area (Å²) in [4.78, 5) is 21.5. The molecule has 7 heteroatoms. The van der Waals surface area contributed by atoms with Crippen molar-refractivity contribution in [3.05, 3.63) is 77.2 Å². The average molecular weight is 454 g/mol. The first-order chi connectivity index (χ1) is 14.2. The van der Waals surface area contributed by atoms with Gasteiger partial charge in [0.15, 0.2) is 0 Å². The van der Waals surface area contributed by atoms with Gasteiger partial charge in [0.1, 0.15) is 5.75 Å². The number of rotatable bonds is 5. The Morgan fingerprint density at radius 3 is 2.62 bits per heavy atom. The van der Waals surface area contributed by atoms with E-state index in [-0.39, 0.29) is 5.91 Å². The maximum absolute atomic E-state index is 13.4. The molecule has 1 aromatic heterocycles. The lowest BCUT2D eigenvalue weighted by Crippen LogP contribution is -2.44. The number of amides is 1. The summed E-state index contributed by atoms with van der Waals surface area (Å²) in [5.41, 5.74) is 1.04. The molecule has 1 N–H and O–H groups in total. The molecular formula is C22H20BrN3O3. The van der Waals surface area contributed by atoms with E-state index in [2.05, 4.69) is 31.2 Å². The molecular weight excluding hydrogens is 434 g/mol. The number of hydrogen-bond donors (Lipinski definition) is 1. The zero-order valence-corrected chi connectivity index (χ0v) is 17.3. The maximum atomic E-state index is 13.4. The number of halogens is 1. The molecule has 1 aliphatic rings. The van der Waals surface area contributed by atoms with Crippen molar-refractivity contribution in [1.82, 2.24) is 9.97 Å². The van der Waals surface area contributed by atoms with Crippen LogP contribution in [-0.4, -0.2) is 29.1 Å². The molecule has 1 saturated heterocycles. The molecule has 0 aliphatic carbocycles. The van der Waals surface area contributed by atoms with Gasteiger partial charge in [0.05, 0.1) is 11.6 Å². The van der Waals surface area contributed by atoms with Gasteiger partial charge in [0, 0.05) is 41.8 Å². The lowest BCUT2D eigenvalue weighted by Gasteiger charge is -2.36. The predicted molar refractivity (Wildman–Crippen MR) is 113 cm³/mol. The summed E-state index contributed by atoms with van der Waals surface area (Å²) < 4.78 is 12.2. The van der Waals surface area contributed by atoms with Crippen molar-refractivity contribution in [2.45, 2.75) is 18.3 Å². The van der Waals surface area contributed by atoms with Crippen molar-refractivity contribution >= 4 is 27.5 Å². The van der Waals surface area contributed by atoms with E-state index in [1.54, 1.807) is 18.5 Å². The molecule has 4 rings (SSSR count). The highest BCUT2D eigenvalue weighted by Gasteiger charge is 2.41. The van der Waals surface area contributed by atoms with Gasteiger partial charge < -0.3 is 14.8 Å². The summed E-state index contributed by atoms with van der Waals surface area (Å²) in [7, 11) is 0. The molecule has 6 nitrogen and oxygen atoms in total. The van der Waals surface area contributed by atoms with Crippen LogP contribution in [-0.2, 0) is 14.9 Å². The highest BCUT2D eigenvalue weighted by molar-refractivity contribution is 9.10. The topological polar surface area (TPSA) is 73.3 Å². The number of hydrogen-bond acceptors (Lipinski definition) is 5. The van der Waals surface area contributed by atoms with Crippen molar-refractivity contribution in [1.29, 1.82) is 0 Å². The van der Waals surface area contributed by atoms with E-state index in [1.807, 2.05) is 42.5 Å². The van der Waals surface area contributed by atoms with Crippen molar-refractivity contribution in [3.8, 4) is 11.6 Å². The van der Waals surface area contributed by atoms with Crippen LogP contribution in [0.4, 0.5) is 5.69 Å². The van der Waals surface area contributed by atoms with E-state index in [4.69, 9.17) is 9.47 Å². The van der Waals surface area contributed by atoms with Gasteiger partial charge in [0.2, 0.25) is 11.8 Å². The predicted octanol–water partition coefficient (Wildman–Crippen LogP) is 4.72. The van der Waals surface area contributed by atoms with Gasteiger partial charge >= 0.3 is 0 Å². The number of anilines is 1. The fourth-order valence-corrected chi connectivity index (χ4v) is 3.75. The first-order valence-electron chi connectivity index (χ1n) is 9.35. The van der Waals surface area contributed by atoms with Gasteiger partial charge in [-0.3, -0.25) is 9.78 Å². The largest absolute Gasteiger partial charge is 0.437 e. The highest BCUT2D eigenvalue weighted by Crippen LogP contribution is 2.37. The third kappa shape index (κ3) is 4.46. The van der Waals surface area contributed by atoms with E-state index in [1.165, 1.54) is 6.20 Å². The summed E-state index contributed by atoms with van der Waals surface area (Å²) in [6, 6.07) is 15.2. The zero-order valence-electron chi connectivity index (χ0n) is 15.7. The number of carbonyl (C=O) groups excluding carboxylic acids is 1. The van der Waals surface area contributed by atoms with Crippen LogP contribution in [0.1, 0.15) is 18.4 Å². The molecule has 2 aromatic carbocycles. The molecule has 0 bridgehead atoms. The molecule has 1 aliphatic heterocycles. The first-order valence-corrected chi connectivity index (χ1v) is 10.1. The minimum Gasteiger partial charge on any atom is -0.437 e. The van der Waals surface area contributed by atoms with Crippen LogP contribution >= 0.6 is 15.9 Å². The number of aromatic nitrogens is 2. The van der Waals surface area contributed by atoms with E-state index < -0.39 is 5.41 Å². The van der Waals surface area contributed by atoms with E-state index in [0.29, 0.717) is 43.4 Å². The highest BCUT2D eigenvalue weighted by atomic mass is 79.9. The number of carbonyl (C=O) groups is 1. The normalized spacial score (nSPS) is 15.5. The fourth-order valence-electron chi connectivity index (χ4n) is 3.48. The van der Waals surface area contributed by atoms with Crippen molar-refractivity contribution in [2.75, 3.05) is 18.5 Å². The van der Waals surface area contributed by atoms with Crippen LogP contribution < -0.4 is 10.1 Å². The Bertz CT molecular complexity index is 974. The molecule has 29 heavy (non-hydrogen) atoms. The number of nitrogens with zero attached hydrogens (tertiary/aromatic N) is 2. The Morgan fingerprint density at radius 1 is 1.10 bits per heavy atom. The Hall–Kier alpha value is -2.77. The van der Waals surface area contributed by atoms with Crippen LogP contribution in [0.15, 0.2) is 71.6 Å². The Kier molecular flexibility index (Phi) is 5.87. The number of benzene rings is 2.